The zero-order chi connectivity index (χ0) is 19.1. The third-order valence-electron chi connectivity index (χ3n) is 4.51. The molecule has 1 N–H and O–H groups in total. The van der Waals surface area contributed by atoms with E-state index < -0.39 is 0 Å². The van der Waals surface area contributed by atoms with Crippen LogP contribution in [0.15, 0.2) is 42.5 Å². The predicted octanol–water partition coefficient (Wildman–Crippen LogP) is 3.19. The molecule has 1 atom stereocenters. The summed E-state index contributed by atoms with van der Waals surface area (Å²) >= 11 is 0. The van der Waals surface area contributed by atoms with Crippen LogP contribution in [0.2, 0.25) is 0 Å². The maximum Gasteiger partial charge on any atom is 0.251 e. The maximum absolute atomic E-state index is 12.4. The Bertz CT molecular complexity index is 754. The highest BCUT2D eigenvalue weighted by atomic mass is 16.5. The summed E-state index contributed by atoms with van der Waals surface area (Å²) in [5.41, 5.74) is 1.38. The van der Waals surface area contributed by atoms with E-state index >= 15 is 0 Å². The Morgan fingerprint density at radius 2 is 1.89 bits per heavy atom. The maximum atomic E-state index is 12.4. The average Bonchev–Trinajstić information content (AvgIpc) is 3.24. The normalized spacial score (nSPS) is 16.0. The van der Waals surface area contributed by atoms with Gasteiger partial charge in [-0.2, -0.15) is 0 Å². The number of ether oxygens (including phenoxy) is 4. The first kappa shape index (κ1) is 19.0. The molecular weight excluding hydrogens is 346 g/mol. The van der Waals surface area contributed by atoms with Gasteiger partial charge in [0.2, 0.25) is 0 Å². The number of carbonyl (C=O) groups excluding carboxylic acids is 1. The molecule has 3 rings (SSSR count). The largest absolute Gasteiger partial charge is 0.497 e. The van der Waals surface area contributed by atoms with Crippen molar-refractivity contribution in [2.75, 3.05) is 27.4 Å². The number of methoxy groups -OCH3 is 2. The highest BCUT2D eigenvalue weighted by Crippen LogP contribution is 2.23. The number of hydrogen-bond donors (Lipinski definition) is 1. The van der Waals surface area contributed by atoms with Crippen LogP contribution in [0, 0.1) is 0 Å². The van der Waals surface area contributed by atoms with Gasteiger partial charge in [0, 0.05) is 24.3 Å². The van der Waals surface area contributed by atoms with Crippen LogP contribution in [0.4, 0.5) is 0 Å². The summed E-state index contributed by atoms with van der Waals surface area (Å²) in [7, 11) is 3.22. The highest BCUT2D eigenvalue weighted by Gasteiger charge is 2.17. The van der Waals surface area contributed by atoms with Crippen molar-refractivity contribution >= 4 is 5.91 Å². The third kappa shape index (κ3) is 5.14. The van der Waals surface area contributed by atoms with E-state index in [0.29, 0.717) is 30.2 Å². The van der Waals surface area contributed by atoms with Gasteiger partial charge in [-0.15, -0.1) is 0 Å². The molecular formula is C21H25NO5. The van der Waals surface area contributed by atoms with Crippen LogP contribution in [0.5, 0.6) is 17.2 Å². The van der Waals surface area contributed by atoms with E-state index in [-0.39, 0.29) is 12.0 Å². The topological polar surface area (TPSA) is 66.0 Å². The molecule has 144 valence electrons. The smallest absolute Gasteiger partial charge is 0.251 e. The summed E-state index contributed by atoms with van der Waals surface area (Å²) in [5.74, 6) is 2.04. The molecule has 0 aliphatic carbocycles. The van der Waals surface area contributed by atoms with Crippen molar-refractivity contribution in [3.05, 3.63) is 53.6 Å². The molecule has 6 heteroatoms. The van der Waals surface area contributed by atoms with Crippen LogP contribution < -0.4 is 19.5 Å². The van der Waals surface area contributed by atoms with Crippen LogP contribution in [-0.2, 0) is 11.3 Å². The van der Waals surface area contributed by atoms with Crippen LogP contribution in [0.25, 0.3) is 0 Å². The minimum Gasteiger partial charge on any atom is -0.497 e. The predicted molar refractivity (Wildman–Crippen MR) is 102 cm³/mol. The number of benzene rings is 2. The van der Waals surface area contributed by atoms with Gasteiger partial charge in [-0.3, -0.25) is 4.79 Å². The molecule has 0 saturated carbocycles. The van der Waals surface area contributed by atoms with Crippen molar-refractivity contribution in [2.45, 2.75) is 25.6 Å². The lowest BCUT2D eigenvalue weighted by atomic mass is 10.1. The standard InChI is InChI=1S/C21H25NO5/c1-24-17-6-8-18(9-7-17)27-14-16-12-15(5-10-20(16)25-2)21(23)22-13-19-4-3-11-26-19/h5-10,12,19H,3-4,11,13-14H2,1-2H3,(H,22,23). The lowest BCUT2D eigenvalue weighted by molar-refractivity contribution is 0.0857. The summed E-state index contributed by atoms with van der Waals surface area (Å²) in [6, 6.07) is 12.7. The van der Waals surface area contributed by atoms with E-state index in [4.69, 9.17) is 18.9 Å². The van der Waals surface area contributed by atoms with Gasteiger partial charge in [0.15, 0.2) is 0 Å². The van der Waals surface area contributed by atoms with Crippen molar-refractivity contribution in [3.63, 3.8) is 0 Å². The average molecular weight is 371 g/mol. The van der Waals surface area contributed by atoms with E-state index in [1.807, 2.05) is 24.3 Å². The second-order valence-corrected chi connectivity index (χ2v) is 6.34. The Labute approximate surface area is 159 Å². The van der Waals surface area contributed by atoms with Gasteiger partial charge in [-0.1, -0.05) is 0 Å². The van der Waals surface area contributed by atoms with Crippen LogP contribution in [0.3, 0.4) is 0 Å². The number of amides is 1. The number of hydrogen-bond acceptors (Lipinski definition) is 5. The Morgan fingerprint density at radius 3 is 2.56 bits per heavy atom. The molecule has 0 spiro atoms. The fourth-order valence-electron chi connectivity index (χ4n) is 2.98. The summed E-state index contributed by atoms with van der Waals surface area (Å²) in [5, 5.41) is 2.93. The Kier molecular flexibility index (Phi) is 6.54. The van der Waals surface area contributed by atoms with Crippen LogP contribution in [0.1, 0.15) is 28.8 Å². The molecule has 27 heavy (non-hydrogen) atoms. The molecule has 1 heterocycles. The molecule has 1 saturated heterocycles. The molecule has 0 bridgehead atoms. The summed E-state index contributed by atoms with van der Waals surface area (Å²) < 4.78 is 21.9. The van der Waals surface area contributed by atoms with Crippen molar-refractivity contribution in [1.82, 2.24) is 5.32 Å². The molecule has 0 radical (unpaired) electrons. The van der Waals surface area contributed by atoms with Gasteiger partial charge in [-0.05, 0) is 55.3 Å². The number of rotatable bonds is 8. The molecule has 1 aliphatic rings. The Morgan fingerprint density at radius 1 is 1.11 bits per heavy atom. The van der Waals surface area contributed by atoms with Crippen molar-refractivity contribution in [1.29, 1.82) is 0 Å². The monoisotopic (exact) mass is 371 g/mol. The summed E-state index contributed by atoms with van der Waals surface area (Å²) in [4.78, 5) is 12.4. The van der Waals surface area contributed by atoms with Crippen molar-refractivity contribution in [3.8, 4) is 17.2 Å². The second-order valence-electron chi connectivity index (χ2n) is 6.34. The Hall–Kier alpha value is -2.73. The second kappa shape index (κ2) is 9.28. The molecule has 2 aromatic rings. The lowest BCUT2D eigenvalue weighted by Crippen LogP contribution is -2.31. The van der Waals surface area contributed by atoms with Gasteiger partial charge >= 0.3 is 0 Å². The third-order valence-corrected chi connectivity index (χ3v) is 4.51. The Balaban J connectivity index is 1.63. The highest BCUT2D eigenvalue weighted by molar-refractivity contribution is 5.94. The molecule has 1 aliphatic heterocycles. The number of nitrogens with one attached hydrogen (secondary N) is 1. The van der Waals surface area contributed by atoms with Gasteiger partial charge in [0.25, 0.3) is 5.91 Å². The van der Waals surface area contributed by atoms with Gasteiger partial charge in [0.1, 0.15) is 23.9 Å². The van der Waals surface area contributed by atoms with Crippen molar-refractivity contribution < 1.29 is 23.7 Å². The molecule has 0 aromatic heterocycles. The van der Waals surface area contributed by atoms with Gasteiger partial charge in [0.05, 0.1) is 20.3 Å². The van der Waals surface area contributed by atoms with E-state index in [2.05, 4.69) is 5.32 Å². The van der Waals surface area contributed by atoms with E-state index in [0.717, 1.165) is 30.8 Å². The SMILES string of the molecule is COc1ccc(OCc2cc(C(=O)NCC3CCCO3)ccc2OC)cc1. The van der Waals surface area contributed by atoms with Crippen LogP contribution >= 0.6 is 0 Å². The molecule has 1 fully saturated rings. The first-order valence-electron chi connectivity index (χ1n) is 9.03. The first-order valence-corrected chi connectivity index (χ1v) is 9.03. The molecule has 2 aromatic carbocycles. The van der Waals surface area contributed by atoms with Gasteiger partial charge < -0.3 is 24.3 Å². The molecule has 1 amide bonds. The van der Waals surface area contributed by atoms with E-state index in [9.17, 15) is 4.79 Å². The minimum atomic E-state index is -0.126. The van der Waals surface area contributed by atoms with Crippen LogP contribution in [-0.4, -0.2) is 39.4 Å². The van der Waals surface area contributed by atoms with Gasteiger partial charge in [-0.25, -0.2) is 0 Å². The van der Waals surface area contributed by atoms with E-state index in [1.165, 1.54) is 0 Å². The molecule has 1 unspecified atom stereocenters. The zero-order valence-electron chi connectivity index (χ0n) is 15.7. The fourth-order valence-corrected chi connectivity index (χ4v) is 2.98. The molecule has 6 nitrogen and oxygen atoms in total. The summed E-state index contributed by atoms with van der Waals surface area (Å²) in [6.07, 6.45) is 2.16. The van der Waals surface area contributed by atoms with Crippen molar-refractivity contribution in [2.24, 2.45) is 0 Å². The summed E-state index contributed by atoms with van der Waals surface area (Å²) in [6.45, 7) is 1.60. The number of carbonyl (C=O) groups is 1. The zero-order valence-corrected chi connectivity index (χ0v) is 15.7. The minimum absolute atomic E-state index is 0.116. The lowest BCUT2D eigenvalue weighted by Gasteiger charge is -2.14. The quantitative estimate of drug-likeness (QED) is 0.772. The first-order chi connectivity index (χ1) is 13.2. The fraction of sp³-hybridized carbons (Fsp3) is 0.381. The van der Waals surface area contributed by atoms with E-state index in [1.54, 1.807) is 32.4 Å².